The first-order valence-corrected chi connectivity index (χ1v) is 8.93. The van der Waals surface area contributed by atoms with Gasteiger partial charge in [0.25, 0.3) is 0 Å². The Balaban J connectivity index is 1.87. The van der Waals surface area contributed by atoms with Crippen LogP contribution in [0, 0.1) is 6.92 Å². The van der Waals surface area contributed by atoms with Crippen LogP contribution in [0.4, 0.5) is 0 Å². The van der Waals surface area contributed by atoms with Crippen LogP contribution in [0.3, 0.4) is 0 Å². The van der Waals surface area contributed by atoms with E-state index in [1.165, 1.54) is 27.1 Å². The second-order valence-corrected chi connectivity index (χ2v) is 6.53. The number of carbonyl (C=O) groups excluding carboxylic acids is 1. The SMILES string of the molecule is C=CC(=O)OC(COC)COCc1c2ccccc2cc2ccc(C)cc12. The fourth-order valence-electron chi connectivity index (χ4n) is 3.23. The van der Waals surface area contributed by atoms with E-state index in [2.05, 4.69) is 49.9 Å². The van der Waals surface area contributed by atoms with Crippen molar-refractivity contribution in [3.63, 3.8) is 0 Å². The molecule has 0 radical (unpaired) electrons. The summed E-state index contributed by atoms with van der Waals surface area (Å²) in [5.41, 5.74) is 2.34. The molecule has 0 amide bonds. The molecule has 0 aliphatic heterocycles. The van der Waals surface area contributed by atoms with Crippen molar-refractivity contribution in [2.75, 3.05) is 20.3 Å². The minimum Gasteiger partial charge on any atom is -0.454 e. The van der Waals surface area contributed by atoms with Crippen molar-refractivity contribution in [2.45, 2.75) is 19.6 Å². The minimum absolute atomic E-state index is 0.254. The highest BCUT2D eigenvalue weighted by molar-refractivity contribution is 6.02. The van der Waals surface area contributed by atoms with Gasteiger partial charge in [0.2, 0.25) is 0 Å². The molecule has 0 fully saturated rings. The number of benzene rings is 3. The Kier molecular flexibility index (Phi) is 6.22. The number of hydrogen-bond acceptors (Lipinski definition) is 4. The summed E-state index contributed by atoms with van der Waals surface area (Å²) in [5, 5.41) is 4.71. The Labute approximate surface area is 159 Å². The van der Waals surface area contributed by atoms with Crippen molar-refractivity contribution < 1.29 is 19.0 Å². The van der Waals surface area contributed by atoms with Crippen LogP contribution in [-0.2, 0) is 25.6 Å². The van der Waals surface area contributed by atoms with Crippen molar-refractivity contribution in [2.24, 2.45) is 0 Å². The van der Waals surface area contributed by atoms with Crippen LogP contribution in [0.2, 0.25) is 0 Å². The number of carbonyl (C=O) groups is 1. The van der Waals surface area contributed by atoms with Gasteiger partial charge in [-0.3, -0.25) is 0 Å². The number of aryl methyl sites for hydroxylation is 1. The maximum Gasteiger partial charge on any atom is 0.330 e. The molecule has 0 saturated carbocycles. The van der Waals surface area contributed by atoms with Crippen molar-refractivity contribution in [1.82, 2.24) is 0 Å². The van der Waals surface area contributed by atoms with E-state index in [4.69, 9.17) is 14.2 Å². The highest BCUT2D eigenvalue weighted by atomic mass is 16.6. The van der Waals surface area contributed by atoms with Gasteiger partial charge in [0.15, 0.2) is 0 Å². The molecule has 27 heavy (non-hydrogen) atoms. The van der Waals surface area contributed by atoms with E-state index in [9.17, 15) is 4.79 Å². The first kappa shape index (κ1) is 19.1. The maximum atomic E-state index is 11.5. The van der Waals surface area contributed by atoms with Gasteiger partial charge in [0.1, 0.15) is 6.10 Å². The fourth-order valence-corrected chi connectivity index (χ4v) is 3.23. The van der Waals surface area contributed by atoms with Gasteiger partial charge in [0.05, 0.1) is 19.8 Å². The summed E-state index contributed by atoms with van der Waals surface area (Å²) in [6.07, 6.45) is 0.674. The number of esters is 1. The third-order valence-electron chi connectivity index (χ3n) is 4.48. The molecule has 0 N–H and O–H groups in total. The van der Waals surface area contributed by atoms with Gasteiger partial charge < -0.3 is 14.2 Å². The molecule has 4 nitrogen and oxygen atoms in total. The molecule has 0 bridgehead atoms. The molecular weight excluding hydrogens is 340 g/mol. The summed E-state index contributed by atoms with van der Waals surface area (Å²) >= 11 is 0. The molecular formula is C23H24O4. The first-order chi connectivity index (χ1) is 13.1. The second-order valence-electron chi connectivity index (χ2n) is 6.53. The smallest absolute Gasteiger partial charge is 0.330 e. The lowest BCUT2D eigenvalue weighted by molar-refractivity contribution is -0.149. The van der Waals surface area contributed by atoms with Gasteiger partial charge >= 0.3 is 5.97 Å². The highest BCUT2D eigenvalue weighted by Crippen LogP contribution is 2.30. The molecule has 0 spiro atoms. The molecule has 1 atom stereocenters. The molecule has 3 aromatic carbocycles. The van der Waals surface area contributed by atoms with Crippen LogP contribution in [-0.4, -0.2) is 32.4 Å². The Hall–Kier alpha value is -2.69. The molecule has 0 saturated heterocycles. The van der Waals surface area contributed by atoms with Crippen molar-refractivity contribution >= 4 is 27.5 Å². The lowest BCUT2D eigenvalue weighted by Gasteiger charge is -2.18. The zero-order chi connectivity index (χ0) is 19.2. The lowest BCUT2D eigenvalue weighted by atomic mass is 9.96. The van der Waals surface area contributed by atoms with Gasteiger partial charge in [-0.2, -0.15) is 0 Å². The van der Waals surface area contributed by atoms with E-state index in [0.717, 1.165) is 11.6 Å². The van der Waals surface area contributed by atoms with Gasteiger partial charge in [-0.1, -0.05) is 54.6 Å². The van der Waals surface area contributed by atoms with Gasteiger partial charge in [-0.05, 0) is 40.1 Å². The summed E-state index contributed by atoms with van der Waals surface area (Å²) in [6, 6.07) is 16.9. The zero-order valence-electron chi connectivity index (χ0n) is 15.7. The molecule has 3 rings (SSSR count). The molecule has 1 unspecified atom stereocenters. The zero-order valence-corrected chi connectivity index (χ0v) is 15.7. The summed E-state index contributed by atoms with van der Waals surface area (Å²) in [7, 11) is 1.57. The summed E-state index contributed by atoms with van der Waals surface area (Å²) in [4.78, 5) is 11.5. The molecule has 0 aromatic heterocycles. The van der Waals surface area contributed by atoms with E-state index < -0.39 is 12.1 Å². The maximum absolute atomic E-state index is 11.5. The normalized spacial score (nSPS) is 12.2. The number of hydrogen-bond donors (Lipinski definition) is 0. The molecule has 0 heterocycles. The largest absolute Gasteiger partial charge is 0.454 e. The quantitative estimate of drug-likeness (QED) is 0.334. The average Bonchev–Trinajstić information content (AvgIpc) is 2.67. The Morgan fingerprint density at radius 3 is 2.63 bits per heavy atom. The predicted octanol–water partition coefficient (Wildman–Crippen LogP) is 4.56. The topological polar surface area (TPSA) is 44.8 Å². The van der Waals surface area contributed by atoms with Crippen LogP contribution >= 0.6 is 0 Å². The van der Waals surface area contributed by atoms with E-state index in [1.54, 1.807) is 7.11 Å². The van der Waals surface area contributed by atoms with Crippen LogP contribution in [0.1, 0.15) is 11.1 Å². The number of rotatable bonds is 8. The van der Waals surface area contributed by atoms with Crippen LogP contribution in [0.15, 0.2) is 61.2 Å². The first-order valence-electron chi connectivity index (χ1n) is 8.93. The van der Waals surface area contributed by atoms with Gasteiger partial charge in [0, 0.05) is 13.2 Å². The number of fused-ring (bicyclic) bond motifs is 2. The summed E-state index contributed by atoms with van der Waals surface area (Å²) in [5.74, 6) is -0.480. The van der Waals surface area contributed by atoms with Crippen molar-refractivity contribution in [3.05, 3.63) is 72.3 Å². The van der Waals surface area contributed by atoms with Crippen molar-refractivity contribution in [1.29, 1.82) is 0 Å². The molecule has 0 aliphatic rings. The van der Waals surface area contributed by atoms with Crippen LogP contribution in [0.25, 0.3) is 21.5 Å². The lowest BCUT2D eigenvalue weighted by Crippen LogP contribution is -2.27. The van der Waals surface area contributed by atoms with E-state index in [-0.39, 0.29) is 13.2 Å². The van der Waals surface area contributed by atoms with E-state index >= 15 is 0 Å². The van der Waals surface area contributed by atoms with Crippen molar-refractivity contribution in [3.8, 4) is 0 Å². The Bertz CT molecular complexity index is 961. The molecule has 0 aliphatic carbocycles. The fraction of sp³-hybridized carbons (Fsp3) is 0.261. The number of ether oxygens (including phenoxy) is 3. The average molecular weight is 364 g/mol. The molecule has 140 valence electrons. The highest BCUT2D eigenvalue weighted by Gasteiger charge is 2.14. The van der Waals surface area contributed by atoms with Crippen LogP contribution in [0.5, 0.6) is 0 Å². The van der Waals surface area contributed by atoms with Gasteiger partial charge in [-0.15, -0.1) is 0 Å². The van der Waals surface area contributed by atoms with E-state index in [1.807, 2.05) is 12.1 Å². The van der Waals surface area contributed by atoms with Gasteiger partial charge in [-0.25, -0.2) is 4.79 Å². The molecule has 3 aromatic rings. The summed E-state index contributed by atoms with van der Waals surface area (Å²) < 4.78 is 16.3. The summed E-state index contributed by atoms with van der Waals surface area (Å²) in [6.45, 7) is 6.46. The monoisotopic (exact) mass is 364 g/mol. The Morgan fingerprint density at radius 2 is 1.85 bits per heavy atom. The number of methoxy groups -OCH3 is 1. The standard InChI is InChI=1S/C23H24O4/c1-4-23(24)27-19(13-25-3)14-26-15-22-20-8-6-5-7-17(20)12-18-10-9-16(2)11-21(18)22/h4-12,19H,1,13-15H2,2-3H3. The Morgan fingerprint density at radius 1 is 1.07 bits per heavy atom. The predicted molar refractivity (Wildman–Crippen MR) is 108 cm³/mol. The van der Waals surface area contributed by atoms with E-state index in [0.29, 0.717) is 6.61 Å². The third-order valence-corrected chi connectivity index (χ3v) is 4.48. The van der Waals surface area contributed by atoms with Crippen LogP contribution < -0.4 is 0 Å². The third kappa shape index (κ3) is 4.54. The minimum atomic E-state index is -0.480. The molecule has 4 heteroatoms. The second kappa shape index (κ2) is 8.80.